The number of carbonyl (C=O) groups excluding carboxylic acids is 3. The maximum Gasteiger partial charge on any atom is 0.251 e. The molecule has 0 radical (unpaired) electrons. The van der Waals surface area contributed by atoms with Gasteiger partial charge in [0.25, 0.3) is 5.91 Å². The van der Waals surface area contributed by atoms with E-state index in [9.17, 15) is 14.4 Å². The molecule has 1 saturated heterocycles. The van der Waals surface area contributed by atoms with Gasteiger partial charge in [-0.2, -0.15) is 0 Å². The summed E-state index contributed by atoms with van der Waals surface area (Å²) >= 11 is 0. The van der Waals surface area contributed by atoms with Gasteiger partial charge in [0.15, 0.2) is 0 Å². The van der Waals surface area contributed by atoms with Gasteiger partial charge in [0.05, 0.1) is 5.41 Å². The van der Waals surface area contributed by atoms with Crippen LogP contribution in [0.1, 0.15) is 86.3 Å². The fraction of sp³-hybridized carbons (Fsp3) is 0.500. The van der Waals surface area contributed by atoms with Crippen LogP contribution < -0.4 is 5.32 Å². The first-order chi connectivity index (χ1) is 16.8. The first-order valence-corrected chi connectivity index (χ1v) is 13.1. The van der Waals surface area contributed by atoms with Gasteiger partial charge >= 0.3 is 0 Å². The Morgan fingerprint density at radius 2 is 1.63 bits per heavy atom. The Bertz CT molecular complexity index is 1080. The van der Waals surface area contributed by atoms with Gasteiger partial charge in [-0.15, -0.1) is 0 Å². The number of hydrogen-bond acceptors (Lipinski definition) is 3. The van der Waals surface area contributed by atoms with E-state index in [0.717, 1.165) is 36.0 Å². The van der Waals surface area contributed by atoms with Crippen molar-refractivity contribution in [3.63, 3.8) is 0 Å². The van der Waals surface area contributed by atoms with E-state index in [2.05, 4.69) is 25.2 Å². The Kier molecular flexibility index (Phi) is 7.44. The Balaban J connectivity index is 1.33. The molecule has 0 bridgehead atoms. The summed E-state index contributed by atoms with van der Waals surface area (Å²) in [5.74, 6) is 0.220. The van der Waals surface area contributed by atoms with Gasteiger partial charge in [-0.05, 0) is 60.3 Å². The lowest BCUT2D eigenvalue weighted by Crippen LogP contribution is -2.49. The summed E-state index contributed by atoms with van der Waals surface area (Å²) in [6.07, 6.45) is 4.93. The molecule has 5 heteroatoms. The number of likely N-dealkylation sites (tertiary alicyclic amines) is 1. The lowest BCUT2D eigenvalue weighted by Gasteiger charge is -2.41. The Morgan fingerprint density at radius 3 is 2.31 bits per heavy atom. The first kappa shape index (κ1) is 25.2. The van der Waals surface area contributed by atoms with Crippen molar-refractivity contribution in [1.29, 1.82) is 0 Å². The van der Waals surface area contributed by atoms with Crippen molar-refractivity contribution in [2.45, 2.75) is 76.5 Å². The molecule has 2 aromatic rings. The average molecular weight is 475 g/mol. The van der Waals surface area contributed by atoms with Crippen LogP contribution in [-0.4, -0.2) is 42.1 Å². The molecule has 186 valence electrons. The van der Waals surface area contributed by atoms with Crippen LogP contribution in [-0.2, 0) is 26.8 Å². The number of piperidine rings is 1. The molecule has 2 aromatic carbocycles. The number of amides is 2. The zero-order valence-corrected chi connectivity index (χ0v) is 21.4. The van der Waals surface area contributed by atoms with Crippen molar-refractivity contribution < 1.29 is 14.4 Å². The molecule has 2 amide bonds. The van der Waals surface area contributed by atoms with Crippen LogP contribution in [0.3, 0.4) is 0 Å². The van der Waals surface area contributed by atoms with Gasteiger partial charge in [0.2, 0.25) is 5.91 Å². The fourth-order valence-electron chi connectivity index (χ4n) is 5.90. The zero-order valence-electron chi connectivity index (χ0n) is 21.4. The lowest BCUT2D eigenvalue weighted by molar-refractivity contribution is -0.136. The van der Waals surface area contributed by atoms with Gasteiger partial charge < -0.3 is 10.2 Å². The van der Waals surface area contributed by atoms with E-state index < -0.39 is 5.41 Å². The maximum absolute atomic E-state index is 13.1. The van der Waals surface area contributed by atoms with Crippen molar-refractivity contribution in [3.8, 4) is 0 Å². The molecule has 5 nitrogen and oxygen atoms in total. The summed E-state index contributed by atoms with van der Waals surface area (Å²) in [5.41, 5.74) is 3.81. The highest BCUT2D eigenvalue weighted by molar-refractivity contribution is 5.96. The van der Waals surface area contributed by atoms with Gasteiger partial charge in [-0.1, -0.05) is 63.2 Å². The van der Waals surface area contributed by atoms with Crippen molar-refractivity contribution in [3.05, 3.63) is 70.8 Å². The highest BCUT2D eigenvalue weighted by Crippen LogP contribution is 2.40. The molecule has 1 N–H and O–H groups in total. The summed E-state index contributed by atoms with van der Waals surface area (Å²) in [4.78, 5) is 40.8. The molecule has 0 unspecified atom stereocenters. The predicted molar refractivity (Wildman–Crippen MR) is 139 cm³/mol. The minimum atomic E-state index is -0.496. The summed E-state index contributed by atoms with van der Waals surface area (Å²) in [6.45, 7) is 7.94. The molecule has 1 aliphatic heterocycles. The topological polar surface area (TPSA) is 66.5 Å². The fourth-order valence-corrected chi connectivity index (χ4v) is 5.90. The molecule has 35 heavy (non-hydrogen) atoms. The minimum Gasteiger partial charge on any atom is -0.352 e. The molecular formula is C30H38N2O3. The number of carbonyl (C=O) groups is 3. The molecule has 0 saturated carbocycles. The van der Waals surface area contributed by atoms with Crippen LogP contribution in [0, 0.1) is 0 Å². The predicted octanol–water partition coefficient (Wildman–Crippen LogP) is 4.96. The van der Waals surface area contributed by atoms with E-state index in [4.69, 9.17) is 0 Å². The molecule has 1 aliphatic carbocycles. The third-order valence-electron chi connectivity index (χ3n) is 8.08. The maximum atomic E-state index is 13.1. The molecule has 0 atom stereocenters. The molecule has 4 rings (SSSR count). The summed E-state index contributed by atoms with van der Waals surface area (Å²) in [6, 6.07) is 16.0. The van der Waals surface area contributed by atoms with Crippen LogP contribution in [0.4, 0.5) is 0 Å². The quantitative estimate of drug-likeness (QED) is 0.588. The molecular weight excluding hydrogens is 436 g/mol. The van der Waals surface area contributed by atoms with Crippen LogP contribution in [0.15, 0.2) is 48.5 Å². The molecule has 2 aliphatic rings. The highest BCUT2D eigenvalue weighted by atomic mass is 16.2. The number of hydrogen-bond donors (Lipinski definition) is 1. The molecule has 0 aromatic heterocycles. The first-order valence-electron chi connectivity index (χ1n) is 13.1. The van der Waals surface area contributed by atoms with E-state index in [0.29, 0.717) is 38.9 Å². The third kappa shape index (κ3) is 5.05. The van der Waals surface area contributed by atoms with Crippen molar-refractivity contribution in [2.24, 2.45) is 0 Å². The van der Waals surface area contributed by atoms with Gasteiger partial charge in [-0.3, -0.25) is 14.4 Å². The highest BCUT2D eigenvalue weighted by Gasteiger charge is 2.42. The van der Waals surface area contributed by atoms with Crippen LogP contribution in [0.25, 0.3) is 0 Å². The van der Waals surface area contributed by atoms with E-state index >= 15 is 0 Å². The Morgan fingerprint density at radius 1 is 0.914 bits per heavy atom. The largest absolute Gasteiger partial charge is 0.352 e. The third-order valence-corrected chi connectivity index (χ3v) is 8.08. The SMILES string of the molecule is CCCC(=O)C1(c2ccccc2)CCN(C(=O)CCNC(=O)c2cccc3c2CCC3(C)C)CC1. The second-order valence-electron chi connectivity index (χ2n) is 10.7. The van der Waals surface area contributed by atoms with Crippen LogP contribution >= 0.6 is 0 Å². The number of fused-ring (bicyclic) bond motifs is 1. The number of Topliss-reactive ketones (excluding diaryl/α,β-unsaturated/α-hetero) is 1. The number of benzene rings is 2. The van der Waals surface area contributed by atoms with Crippen LogP contribution in [0.2, 0.25) is 0 Å². The van der Waals surface area contributed by atoms with Crippen molar-refractivity contribution in [2.75, 3.05) is 19.6 Å². The zero-order chi connectivity index (χ0) is 25.1. The average Bonchev–Trinajstić information content (AvgIpc) is 3.19. The second kappa shape index (κ2) is 10.3. The second-order valence-corrected chi connectivity index (χ2v) is 10.7. The number of rotatable bonds is 8. The summed E-state index contributed by atoms with van der Waals surface area (Å²) in [7, 11) is 0. The minimum absolute atomic E-state index is 0.0364. The van der Waals surface area contributed by atoms with Gasteiger partial charge in [0.1, 0.15) is 5.78 Å². The molecule has 0 spiro atoms. The number of nitrogens with one attached hydrogen (secondary N) is 1. The Labute approximate surface area is 209 Å². The van der Waals surface area contributed by atoms with Crippen LogP contribution in [0.5, 0.6) is 0 Å². The van der Waals surface area contributed by atoms with Crippen molar-refractivity contribution >= 4 is 17.6 Å². The van der Waals surface area contributed by atoms with E-state index in [1.807, 2.05) is 54.3 Å². The normalized spacial score (nSPS) is 18.1. The number of ketones is 1. The summed E-state index contributed by atoms with van der Waals surface area (Å²) in [5, 5.41) is 2.96. The van der Waals surface area contributed by atoms with E-state index in [1.54, 1.807) is 0 Å². The summed E-state index contributed by atoms with van der Waals surface area (Å²) < 4.78 is 0. The smallest absolute Gasteiger partial charge is 0.251 e. The van der Waals surface area contributed by atoms with E-state index in [-0.39, 0.29) is 29.4 Å². The molecule has 1 fully saturated rings. The van der Waals surface area contributed by atoms with Crippen molar-refractivity contribution in [1.82, 2.24) is 10.2 Å². The lowest BCUT2D eigenvalue weighted by atomic mass is 9.68. The number of nitrogens with zero attached hydrogens (tertiary/aromatic N) is 1. The Hall–Kier alpha value is -2.95. The molecule has 1 heterocycles. The van der Waals surface area contributed by atoms with Gasteiger partial charge in [0, 0.05) is 38.0 Å². The van der Waals surface area contributed by atoms with E-state index in [1.165, 1.54) is 5.56 Å². The standard InChI is InChI=1S/C30H38N2O3/c1-4-9-26(33)30(22-10-6-5-7-11-22)17-20-32(21-18-30)27(34)15-19-31-28(35)24-12-8-13-25-23(24)14-16-29(25,2)3/h5-8,10-13H,4,9,14-21H2,1-3H3,(H,31,35). The monoisotopic (exact) mass is 474 g/mol. The van der Waals surface area contributed by atoms with Gasteiger partial charge in [-0.25, -0.2) is 0 Å².